The van der Waals surface area contributed by atoms with Gasteiger partial charge < -0.3 is 13.6 Å². The molecule has 0 saturated carbocycles. The molecule has 0 aromatic rings. The molecule has 0 bridgehead atoms. The summed E-state index contributed by atoms with van der Waals surface area (Å²) in [6.07, 6.45) is 0.226. The van der Waals surface area contributed by atoms with Gasteiger partial charge in [-0.15, -0.1) is 0 Å². The fourth-order valence-electron chi connectivity index (χ4n) is 1.61. The van der Waals surface area contributed by atoms with Crippen LogP contribution in [-0.2, 0) is 13.6 Å². The topological polar surface area (TPSA) is 27.7 Å². The van der Waals surface area contributed by atoms with Crippen LogP contribution in [0.5, 0.6) is 0 Å². The van der Waals surface area contributed by atoms with E-state index in [1.807, 2.05) is 6.92 Å². The van der Waals surface area contributed by atoms with E-state index in [2.05, 4.69) is 26.9 Å². The van der Waals surface area contributed by atoms with Crippen molar-refractivity contribution in [3.8, 4) is 0 Å². The predicted octanol–water partition coefficient (Wildman–Crippen LogP) is 2.17. The Morgan fingerprint density at radius 3 is 2.36 bits per heavy atom. The Kier molecular flexibility index (Phi) is 3.74. The molecule has 3 nitrogen and oxygen atoms in total. The highest BCUT2D eigenvalue weighted by Crippen LogP contribution is 2.33. The standard InChI is InChI=1S/C10H22O3Si/c1-6-12-14(4,5)13-9(2)10(3)7-11-8-10/h9H,6-8H2,1-5H3. The Bertz CT molecular complexity index is 190. The first kappa shape index (κ1) is 12.2. The third-order valence-corrected chi connectivity index (χ3v) is 4.70. The highest BCUT2D eigenvalue weighted by Gasteiger charge is 2.42. The molecule has 1 atom stereocenters. The quantitative estimate of drug-likeness (QED) is 0.662. The molecule has 1 saturated heterocycles. The molecule has 1 aliphatic heterocycles. The molecule has 1 heterocycles. The molecule has 0 aromatic carbocycles. The van der Waals surface area contributed by atoms with Crippen LogP contribution in [0.1, 0.15) is 20.8 Å². The van der Waals surface area contributed by atoms with Crippen molar-refractivity contribution in [2.24, 2.45) is 5.41 Å². The summed E-state index contributed by atoms with van der Waals surface area (Å²) in [6.45, 7) is 12.9. The second-order valence-corrected chi connectivity index (χ2v) is 8.06. The van der Waals surface area contributed by atoms with Gasteiger partial charge >= 0.3 is 8.56 Å². The molecular formula is C10H22O3Si. The van der Waals surface area contributed by atoms with Crippen LogP contribution < -0.4 is 0 Å². The van der Waals surface area contributed by atoms with Gasteiger partial charge in [0.1, 0.15) is 0 Å². The monoisotopic (exact) mass is 218 g/mol. The molecule has 1 fully saturated rings. The van der Waals surface area contributed by atoms with Crippen LogP contribution in [0.4, 0.5) is 0 Å². The number of hydrogen-bond donors (Lipinski definition) is 0. The van der Waals surface area contributed by atoms with Crippen LogP contribution in [0.25, 0.3) is 0 Å². The molecule has 0 spiro atoms. The Morgan fingerprint density at radius 2 is 2.00 bits per heavy atom. The second kappa shape index (κ2) is 4.31. The van der Waals surface area contributed by atoms with Crippen molar-refractivity contribution in [3.63, 3.8) is 0 Å². The van der Waals surface area contributed by atoms with Gasteiger partial charge in [0.2, 0.25) is 0 Å². The fourth-order valence-corrected chi connectivity index (χ4v) is 3.51. The van der Waals surface area contributed by atoms with Gasteiger partial charge in [0.25, 0.3) is 0 Å². The lowest BCUT2D eigenvalue weighted by Gasteiger charge is -2.44. The van der Waals surface area contributed by atoms with Crippen molar-refractivity contribution in [1.82, 2.24) is 0 Å². The molecule has 1 aliphatic rings. The third kappa shape index (κ3) is 2.79. The summed E-state index contributed by atoms with van der Waals surface area (Å²) >= 11 is 0. The van der Waals surface area contributed by atoms with Crippen LogP contribution in [0.2, 0.25) is 13.1 Å². The summed E-state index contributed by atoms with van der Waals surface area (Å²) in [5, 5.41) is 0. The highest BCUT2D eigenvalue weighted by atomic mass is 28.4. The normalized spacial score (nSPS) is 22.9. The van der Waals surface area contributed by atoms with Gasteiger partial charge in [-0.2, -0.15) is 0 Å². The maximum absolute atomic E-state index is 6.02. The molecule has 1 unspecified atom stereocenters. The van der Waals surface area contributed by atoms with Crippen LogP contribution >= 0.6 is 0 Å². The van der Waals surface area contributed by atoms with Crippen molar-refractivity contribution >= 4 is 8.56 Å². The Morgan fingerprint density at radius 1 is 1.43 bits per heavy atom. The van der Waals surface area contributed by atoms with Crippen molar-refractivity contribution in [2.45, 2.75) is 40.0 Å². The minimum atomic E-state index is -1.91. The lowest BCUT2D eigenvalue weighted by Crippen LogP contribution is -2.53. The zero-order chi connectivity index (χ0) is 10.8. The molecule has 0 N–H and O–H groups in total. The first-order chi connectivity index (χ1) is 6.40. The highest BCUT2D eigenvalue weighted by molar-refractivity contribution is 6.64. The molecule has 4 heteroatoms. The predicted molar refractivity (Wildman–Crippen MR) is 58.6 cm³/mol. The van der Waals surface area contributed by atoms with Crippen molar-refractivity contribution in [2.75, 3.05) is 19.8 Å². The Labute approximate surface area is 88.0 Å². The van der Waals surface area contributed by atoms with E-state index in [0.717, 1.165) is 19.8 Å². The first-order valence-electron chi connectivity index (χ1n) is 5.29. The molecule has 0 aromatic heterocycles. The number of ether oxygens (including phenoxy) is 1. The summed E-state index contributed by atoms with van der Waals surface area (Å²) in [7, 11) is -1.91. The number of rotatable bonds is 5. The molecule has 0 radical (unpaired) electrons. The summed E-state index contributed by atoms with van der Waals surface area (Å²) in [4.78, 5) is 0. The summed E-state index contributed by atoms with van der Waals surface area (Å²) < 4.78 is 16.9. The van der Waals surface area contributed by atoms with E-state index >= 15 is 0 Å². The zero-order valence-corrected chi connectivity index (χ0v) is 10.9. The average molecular weight is 218 g/mol. The Balaban J connectivity index is 2.42. The van der Waals surface area contributed by atoms with Crippen molar-refractivity contribution in [3.05, 3.63) is 0 Å². The van der Waals surface area contributed by atoms with E-state index < -0.39 is 8.56 Å². The van der Waals surface area contributed by atoms with E-state index in [1.165, 1.54) is 0 Å². The summed E-state index contributed by atoms with van der Waals surface area (Å²) in [6, 6.07) is 0. The van der Waals surface area contributed by atoms with Gasteiger partial charge in [-0.3, -0.25) is 0 Å². The van der Waals surface area contributed by atoms with Gasteiger partial charge in [0.05, 0.1) is 19.3 Å². The van der Waals surface area contributed by atoms with E-state index in [9.17, 15) is 0 Å². The van der Waals surface area contributed by atoms with Crippen LogP contribution in [0, 0.1) is 5.41 Å². The lowest BCUT2D eigenvalue weighted by molar-refractivity contribution is -0.153. The van der Waals surface area contributed by atoms with Gasteiger partial charge in [-0.25, -0.2) is 0 Å². The molecular weight excluding hydrogens is 196 g/mol. The maximum atomic E-state index is 6.02. The second-order valence-electron chi connectivity index (χ2n) is 4.74. The zero-order valence-electron chi connectivity index (χ0n) is 9.92. The van der Waals surface area contributed by atoms with Crippen LogP contribution in [-0.4, -0.2) is 34.5 Å². The minimum absolute atomic E-state index is 0.196. The lowest BCUT2D eigenvalue weighted by atomic mass is 9.83. The van der Waals surface area contributed by atoms with Crippen molar-refractivity contribution in [1.29, 1.82) is 0 Å². The van der Waals surface area contributed by atoms with Crippen LogP contribution in [0.15, 0.2) is 0 Å². The largest absolute Gasteiger partial charge is 0.395 e. The summed E-state index contributed by atoms with van der Waals surface area (Å²) in [5.74, 6) is 0. The fraction of sp³-hybridized carbons (Fsp3) is 1.00. The molecule has 0 amide bonds. The van der Waals surface area contributed by atoms with E-state index in [-0.39, 0.29) is 11.5 Å². The smallest absolute Gasteiger partial charge is 0.331 e. The van der Waals surface area contributed by atoms with Gasteiger partial charge in [-0.05, 0) is 26.9 Å². The average Bonchev–Trinajstić information content (AvgIpc) is 1.98. The number of hydrogen-bond acceptors (Lipinski definition) is 3. The van der Waals surface area contributed by atoms with E-state index in [1.54, 1.807) is 0 Å². The third-order valence-electron chi connectivity index (χ3n) is 2.80. The van der Waals surface area contributed by atoms with Gasteiger partial charge in [0.15, 0.2) is 0 Å². The van der Waals surface area contributed by atoms with Gasteiger partial charge in [-0.1, -0.05) is 6.92 Å². The maximum Gasteiger partial charge on any atom is 0.331 e. The van der Waals surface area contributed by atoms with Crippen molar-refractivity contribution < 1.29 is 13.6 Å². The van der Waals surface area contributed by atoms with E-state index in [0.29, 0.717) is 0 Å². The van der Waals surface area contributed by atoms with Crippen LogP contribution in [0.3, 0.4) is 0 Å². The van der Waals surface area contributed by atoms with E-state index in [4.69, 9.17) is 13.6 Å². The minimum Gasteiger partial charge on any atom is -0.395 e. The first-order valence-corrected chi connectivity index (χ1v) is 8.11. The Hall–Kier alpha value is 0.0969. The molecule has 1 rings (SSSR count). The molecule has 0 aliphatic carbocycles. The molecule has 14 heavy (non-hydrogen) atoms. The summed E-state index contributed by atoms with van der Waals surface area (Å²) in [5.41, 5.74) is 0.196. The van der Waals surface area contributed by atoms with Gasteiger partial charge in [0, 0.05) is 12.0 Å². The molecule has 84 valence electrons. The SMILES string of the molecule is CCO[Si](C)(C)OC(C)C1(C)COC1.